The zero-order valence-corrected chi connectivity index (χ0v) is 11.3. The summed E-state index contributed by atoms with van der Waals surface area (Å²) >= 11 is 11.5. The highest BCUT2D eigenvalue weighted by Crippen LogP contribution is 2.37. The Balaban J connectivity index is 2.71. The number of hydrogen-bond acceptors (Lipinski definition) is 1. The Kier molecular flexibility index (Phi) is 4.27. The van der Waals surface area contributed by atoms with Crippen LogP contribution in [0.1, 0.15) is 36.1 Å². The van der Waals surface area contributed by atoms with Gasteiger partial charge in [-0.05, 0) is 46.8 Å². The van der Waals surface area contributed by atoms with Crippen LogP contribution >= 0.6 is 38.9 Å². The van der Waals surface area contributed by atoms with Crippen LogP contribution in [0.3, 0.4) is 0 Å². The van der Waals surface area contributed by atoms with Crippen molar-refractivity contribution < 1.29 is 0 Å². The van der Waals surface area contributed by atoms with Crippen molar-refractivity contribution in [3.8, 4) is 0 Å². The van der Waals surface area contributed by atoms with Crippen LogP contribution in [-0.4, -0.2) is 0 Å². The van der Waals surface area contributed by atoms with Crippen molar-refractivity contribution in [2.24, 2.45) is 5.92 Å². The van der Waals surface area contributed by atoms with E-state index < -0.39 is 0 Å². The second kappa shape index (κ2) is 4.81. The van der Waals surface area contributed by atoms with E-state index in [9.17, 15) is 0 Å². The fourth-order valence-electron chi connectivity index (χ4n) is 1.17. The van der Waals surface area contributed by atoms with Gasteiger partial charge in [-0.3, -0.25) is 0 Å². The summed E-state index contributed by atoms with van der Waals surface area (Å²) in [5.74, 6) is 0.656. The maximum atomic E-state index is 6.28. The van der Waals surface area contributed by atoms with E-state index in [0.717, 1.165) is 6.42 Å². The zero-order chi connectivity index (χ0) is 10.0. The van der Waals surface area contributed by atoms with Gasteiger partial charge in [0.05, 0.1) is 9.16 Å². The van der Waals surface area contributed by atoms with Crippen molar-refractivity contribution in [1.29, 1.82) is 0 Å². The smallest absolute Gasteiger partial charge is 0.0731 e. The molecule has 1 rings (SSSR count). The molecule has 0 fully saturated rings. The van der Waals surface area contributed by atoms with Crippen molar-refractivity contribution in [2.45, 2.75) is 32.6 Å². The molecule has 1 atom stereocenters. The average molecular weight is 282 g/mol. The normalized spacial score (nSPS) is 13.7. The number of rotatable bonds is 3. The average Bonchev–Trinajstić information content (AvgIpc) is 2.31. The first kappa shape index (κ1) is 11.5. The summed E-state index contributed by atoms with van der Waals surface area (Å²) < 4.78 is 1.21. The molecule has 1 unspecified atom stereocenters. The van der Waals surface area contributed by atoms with Crippen LogP contribution in [-0.2, 0) is 0 Å². The van der Waals surface area contributed by atoms with Crippen LogP contribution in [0, 0.1) is 12.8 Å². The summed E-state index contributed by atoms with van der Waals surface area (Å²) in [6.45, 7) is 6.50. The van der Waals surface area contributed by atoms with E-state index in [2.05, 4.69) is 42.8 Å². The topological polar surface area (TPSA) is 0 Å². The predicted octanol–water partition coefficient (Wildman–Crippen LogP) is 5.15. The summed E-state index contributed by atoms with van der Waals surface area (Å²) in [6.07, 6.45) is 1.05. The minimum atomic E-state index is 0.176. The number of thiophene rings is 1. The van der Waals surface area contributed by atoms with Gasteiger partial charge < -0.3 is 0 Å². The van der Waals surface area contributed by atoms with E-state index in [1.807, 2.05) is 0 Å². The highest BCUT2D eigenvalue weighted by molar-refractivity contribution is 9.11. The molecule has 13 heavy (non-hydrogen) atoms. The molecule has 0 aromatic carbocycles. The van der Waals surface area contributed by atoms with E-state index in [1.165, 1.54) is 14.2 Å². The number of halogens is 2. The molecule has 0 aliphatic rings. The lowest BCUT2D eigenvalue weighted by molar-refractivity contribution is 0.578. The van der Waals surface area contributed by atoms with Gasteiger partial charge in [-0.2, -0.15) is 0 Å². The second-order valence-corrected chi connectivity index (χ2v) is 6.63. The highest BCUT2D eigenvalue weighted by Gasteiger charge is 2.13. The van der Waals surface area contributed by atoms with Gasteiger partial charge in [-0.15, -0.1) is 22.9 Å². The van der Waals surface area contributed by atoms with E-state index in [-0.39, 0.29) is 5.38 Å². The summed E-state index contributed by atoms with van der Waals surface area (Å²) in [5, 5.41) is 0.176. The molecule has 1 heterocycles. The van der Waals surface area contributed by atoms with Crippen molar-refractivity contribution in [3.63, 3.8) is 0 Å². The maximum absolute atomic E-state index is 6.28. The van der Waals surface area contributed by atoms with Crippen LogP contribution in [0.2, 0.25) is 0 Å². The van der Waals surface area contributed by atoms with Gasteiger partial charge in [-0.25, -0.2) is 0 Å². The maximum Gasteiger partial charge on any atom is 0.0731 e. The lowest BCUT2D eigenvalue weighted by atomic mass is 10.1. The van der Waals surface area contributed by atoms with Crippen molar-refractivity contribution in [2.75, 3.05) is 0 Å². The largest absolute Gasteiger partial charge is 0.131 e. The first-order valence-electron chi connectivity index (χ1n) is 4.40. The molecule has 0 aliphatic heterocycles. The Morgan fingerprint density at radius 3 is 2.54 bits per heavy atom. The molecule has 3 heteroatoms. The minimum absolute atomic E-state index is 0.176. The molecular weight excluding hydrogens is 268 g/mol. The Morgan fingerprint density at radius 1 is 1.54 bits per heavy atom. The molecule has 0 aliphatic carbocycles. The highest BCUT2D eigenvalue weighted by atomic mass is 79.9. The molecule has 0 radical (unpaired) electrons. The third-order valence-corrected chi connectivity index (χ3v) is 4.66. The summed E-state index contributed by atoms with van der Waals surface area (Å²) in [4.78, 5) is 1.28. The van der Waals surface area contributed by atoms with Gasteiger partial charge in [0, 0.05) is 4.88 Å². The third kappa shape index (κ3) is 3.26. The summed E-state index contributed by atoms with van der Waals surface area (Å²) in [7, 11) is 0. The van der Waals surface area contributed by atoms with Gasteiger partial charge in [0.15, 0.2) is 0 Å². The lowest BCUT2D eigenvalue weighted by Gasteiger charge is -2.09. The van der Waals surface area contributed by atoms with Crippen LogP contribution in [0.15, 0.2) is 9.85 Å². The van der Waals surface area contributed by atoms with E-state index in [4.69, 9.17) is 11.6 Å². The Bertz CT molecular complexity index is 261. The number of alkyl halides is 1. The van der Waals surface area contributed by atoms with Crippen LogP contribution in [0.25, 0.3) is 0 Å². The fraction of sp³-hybridized carbons (Fsp3) is 0.600. The van der Waals surface area contributed by atoms with E-state index in [0.29, 0.717) is 5.92 Å². The SMILES string of the molecule is Cc1cc(C(Cl)CC(C)C)sc1Br. The third-order valence-electron chi connectivity index (χ3n) is 1.86. The molecule has 0 saturated carbocycles. The first-order valence-corrected chi connectivity index (χ1v) is 6.45. The van der Waals surface area contributed by atoms with Crippen molar-refractivity contribution in [1.82, 2.24) is 0 Å². The molecule has 0 saturated heterocycles. The number of hydrogen-bond donors (Lipinski definition) is 0. The summed E-state index contributed by atoms with van der Waals surface area (Å²) in [5.41, 5.74) is 1.29. The lowest BCUT2D eigenvalue weighted by Crippen LogP contribution is -1.93. The second-order valence-electron chi connectivity index (χ2n) is 3.70. The van der Waals surface area contributed by atoms with Gasteiger partial charge >= 0.3 is 0 Å². The Morgan fingerprint density at radius 2 is 2.15 bits per heavy atom. The number of aryl methyl sites for hydroxylation is 1. The molecule has 0 amide bonds. The van der Waals surface area contributed by atoms with Crippen molar-refractivity contribution >= 4 is 38.9 Å². The van der Waals surface area contributed by atoms with Gasteiger partial charge in [-0.1, -0.05) is 13.8 Å². The quantitative estimate of drug-likeness (QED) is 0.673. The molecule has 1 aromatic heterocycles. The first-order chi connectivity index (χ1) is 6.00. The predicted molar refractivity (Wildman–Crippen MR) is 64.8 cm³/mol. The minimum Gasteiger partial charge on any atom is -0.131 e. The Hall–Kier alpha value is 0.470. The standard InChI is InChI=1S/C10H14BrClS/c1-6(2)4-8(12)9-5-7(3)10(11)13-9/h5-6,8H,4H2,1-3H3. The molecule has 1 aromatic rings. The monoisotopic (exact) mass is 280 g/mol. The van der Waals surface area contributed by atoms with E-state index >= 15 is 0 Å². The van der Waals surface area contributed by atoms with Crippen molar-refractivity contribution in [3.05, 3.63) is 20.3 Å². The zero-order valence-electron chi connectivity index (χ0n) is 8.10. The van der Waals surface area contributed by atoms with Crippen LogP contribution in [0.4, 0.5) is 0 Å². The van der Waals surface area contributed by atoms with Gasteiger partial charge in [0.25, 0.3) is 0 Å². The van der Waals surface area contributed by atoms with Gasteiger partial charge in [0.2, 0.25) is 0 Å². The fourth-order valence-corrected chi connectivity index (χ4v) is 3.28. The Labute approximate surface area is 97.4 Å². The molecule has 0 nitrogen and oxygen atoms in total. The van der Waals surface area contributed by atoms with Gasteiger partial charge in [0.1, 0.15) is 0 Å². The molecule has 0 N–H and O–H groups in total. The van der Waals surface area contributed by atoms with Crippen LogP contribution < -0.4 is 0 Å². The summed E-state index contributed by atoms with van der Waals surface area (Å²) in [6, 6.07) is 2.18. The molecule has 0 bridgehead atoms. The molecule has 0 spiro atoms. The van der Waals surface area contributed by atoms with Crippen LogP contribution in [0.5, 0.6) is 0 Å². The molecule has 74 valence electrons. The molecular formula is C10H14BrClS. The van der Waals surface area contributed by atoms with E-state index in [1.54, 1.807) is 11.3 Å².